The van der Waals surface area contributed by atoms with Crippen LogP contribution in [0.1, 0.15) is 5.56 Å². The van der Waals surface area contributed by atoms with Crippen LogP contribution in [0.2, 0.25) is 0 Å². The topological polar surface area (TPSA) is 60.8 Å². The molecule has 1 aliphatic rings. The second-order valence-electron chi connectivity index (χ2n) is 3.24. The standard InChI is InChI=1S/C6H8N2.C6H5N/c7-4-6-2-1-3-8-5-6;1-2-4-6-5(3-1)7-6/h1-3,5H,4,7H2;1-4,7H. The molecule has 2 aromatic rings. The zero-order chi connectivity index (χ0) is 10.5. The predicted octanol–water partition coefficient (Wildman–Crippen LogP) is 2.28. The van der Waals surface area contributed by atoms with Crippen molar-refractivity contribution < 1.29 is 0 Å². The molecular formula is C12H13N3. The molecule has 0 bridgehead atoms. The van der Waals surface area contributed by atoms with Crippen LogP contribution in [0.5, 0.6) is 0 Å². The third-order valence-corrected chi connectivity index (χ3v) is 2.09. The minimum atomic E-state index is 0.577. The second kappa shape index (κ2) is 4.57. The summed E-state index contributed by atoms with van der Waals surface area (Å²) in [7, 11) is 0. The normalized spacial score (nSPS) is 10.5. The number of anilines is 2. The van der Waals surface area contributed by atoms with E-state index in [9.17, 15) is 0 Å². The van der Waals surface area contributed by atoms with E-state index in [1.54, 1.807) is 12.4 Å². The molecule has 0 saturated heterocycles. The predicted molar refractivity (Wildman–Crippen MR) is 61.9 cm³/mol. The zero-order valence-electron chi connectivity index (χ0n) is 8.35. The van der Waals surface area contributed by atoms with Crippen LogP contribution in [0.4, 0.5) is 11.4 Å². The summed E-state index contributed by atoms with van der Waals surface area (Å²) in [5.41, 5.74) is 8.95. The van der Waals surface area contributed by atoms with Crippen LogP contribution in [-0.2, 0) is 6.54 Å². The van der Waals surface area contributed by atoms with Gasteiger partial charge in [0.05, 0.1) is 11.4 Å². The number of hydrogen-bond acceptors (Lipinski definition) is 3. The van der Waals surface area contributed by atoms with E-state index in [2.05, 4.69) is 22.4 Å². The average molecular weight is 199 g/mol. The summed E-state index contributed by atoms with van der Waals surface area (Å²) in [4.78, 5) is 3.88. The first-order valence-corrected chi connectivity index (χ1v) is 4.85. The largest absolute Gasteiger partial charge is 0.352 e. The molecular weight excluding hydrogens is 186 g/mol. The lowest BCUT2D eigenvalue weighted by molar-refractivity contribution is 1.05. The van der Waals surface area contributed by atoms with Gasteiger partial charge in [-0.25, -0.2) is 0 Å². The van der Waals surface area contributed by atoms with E-state index in [0.717, 1.165) is 5.56 Å². The second-order valence-corrected chi connectivity index (χ2v) is 3.24. The number of aromatic nitrogens is 1. The van der Waals surface area contributed by atoms with Gasteiger partial charge in [0.2, 0.25) is 0 Å². The zero-order valence-corrected chi connectivity index (χ0v) is 8.35. The molecule has 1 aromatic heterocycles. The number of hydrogen-bond donors (Lipinski definition) is 2. The highest BCUT2D eigenvalue weighted by Gasteiger charge is 2.10. The number of benzene rings is 1. The van der Waals surface area contributed by atoms with Crippen LogP contribution in [0, 0.1) is 0 Å². The van der Waals surface area contributed by atoms with Gasteiger partial charge in [0.1, 0.15) is 0 Å². The maximum Gasteiger partial charge on any atom is 0.0624 e. The Morgan fingerprint density at radius 1 is 1.07 bits per heavy atom. The first-order valence-electron chi connectivity index (χ1n) is 4.85. The SMILES string of the molecule is NCc1cccnc1.c1ccc2c(c1)N2. The minimum Gasteiger partial charge on any atom is -0.352 e. The molecule has 3 nitrogen and oxygen atoms in total. The fourth-order valence-electron chi connectivity index (χ4n) is 1.20. The van der Waals surface area contributed by atoms with E-state index in [1.807, 2.05) is 24.3 Å². The number of nitrogens with two attached hydrogens (primary N) is 1. The van der Waals surface area contributed by atoms with Gasteiger partial charge in [-0.15, -0.1) is 0 Å². The van der Waals surface area contributed by atoms with Crippen molar-refractivity contribution >= 4 is 11.4 Å². The molecule has 15 heavy (non-hydrogen) atoms. The summed E-state index contributed by atoms with van der Waals surface area (Å²) in [6, 6.07) is 12.0. The number of nitrogens with zero attached hydrogens (tertiary/aromatic N) is 1. The minimum absolute atomic E-state index is 0.577. The van der Waals surface area contributed by atoms with Crippen molar-refractivity contribution in [3.05, 3.63) is 54.4 Å². The van der Waals surface area contributed by atoms with Gasteiger partial charge in [-0.2, -0.15) is 0 Å². The quantitative estimate of drug-likeness (QED) is 0.591. The van der Waals surface area contributed by atoms with Gasteiger partial charge < -0.3 is 11.1 Å². The number of pyridine rings is 1. The monoisotopic (exact) mass is 199 g/mol. The number of para-hydroxylation sites is 2. The number of fused-ring (bicyclic) bond motifs is 1. The fourth-order valence-corrected chi connectivity index (χ4v) is 1.20. The van der Waals surface area contributed by atoms with Crippen molar-refractivity contribution in [1.82, 2.24) is 4.98 Å². The summed E-state index contributed by atoms with van der Waals surface area (Å²) < 4.78 is 0. The van der Waals surface area contributed by atoms with E-state index in [4.69, 9.17) is 5.73 Å². The highest BCUT2D eigenvalue weighted by Crippen LogP contribution is 2.36. The number of nitrogens with one attached hydrogen (secondary N) is 1. The van der Waals surface area contributed by atoms with Crippen LogP contribution in [0.15, 0.2) is 48.8 Å². The summed E-state index contributed by atoms with van der Waals surface area (Å²) in [5.74, 6) is 0. The van der Waals surface area contributed by atoms with Gasteiger partial charge in [-0.1, -0.05) is 18.2 Å². The van der Waals surface area contributed by atoms with Gasteiger partial charge in [0.15, 0.2) is 0 Å². The molecule has 0 amide bonds. The van der Waals surface area contributed by atoms with E-state index < -0.39 is 0 Å². The number of rotatable bonds is 1. The maximum atomic E-state index is 5.31. The Hall–Kier alpha value is -1.87. The Bertz CT molecular complexity index is 405. The van der Waals surface area contributed by atoms with E-state index in [1.165, 1.54) is 11.4 Å². The first kappa shape index (κ1) is 9.68. The van der Waals surface area contributed by atoms with Crippen molar-refractivity contribution in [2.75, 3.05) is 5.32 Å². The average Bonchev–Trinajstić information content (AvgIpc) is 3.10. The highest BCUT2D eigenvalue weighted by atomic mass is 15.0. The molecule has 3 heteroatoms. The van der Waals surface area contributed by atoms with E-state index in [0.29, 0.717) is 6.54 Å². The van der Waals surface area contributed by atoms with Crippen LogP contribution >= 0.6 is 0 Å². The summed E-state index contributed by atoms with van der Waals surface area (Å²) in [6.45, 7) is 0.577. The van der Waals surface area contributed by atoms with Gasteiger partial charge in [-0.05, 0) is 23.8 Å². The van der Waals surface area contributed by atoms with Crippen LogP contribution in [0.3, 0.4) is 0 Å². The Balaban J connectivity index is 0.000000114. The lowest BCUT2D eigenvalue weighted by Gasteiger charge is -1.89. The lowest BCUT2D eigenvalue weighted by atomic mass is 10.3. The molecule has 3 rings (SSSR count). The summed E-state index contributed by atoms with van der Waals surface area (Å²) in [6.07, 6.45) is 3.50. The highest BCUT2D eigenvalue weighted by molar-refractivity contribution is 5.89. The first-order chi connectivity index (χ1) is 7.40. The molecule has 0 atom stereocenters. The molecule has 2 heterocycles. The Morgan fingerprint density at radius 2 is 1.80 bits per heavy atom. The van der Waals surface area contributed by atoms with Crippen molar-refractivity contribution in [1.29, 1.82) is 0 Å². The molecule has 0 fully saturated rings. The molecule has 1 aromatic carbocycles. The van der Waals surface area contributed by atoms with Gasteiger partial charge in [-0.3, -0.25) is 4.98 Å². The van der Waals surface area contributed by atoms with Crippen LogP contribution < -0.4 is 11.1 Å². The Labute approximate surface area is 89.0 Å². The Kier molecular flexibility index (Phi) is 2.95. The van der Waals surface area contributed by atoms with Gasteiger partial charge in [0, 0.05) is 18.9 Å². The molecule has 0 radical (unpaired) electrons. The smallest absolute Gasteiger partial charge is 0.0624 e. The lowest BCUT2D eigenvalue weighted by Crippen LogP contribution is -1.95. The Morgan fingerprint density at radius 3 is 2.20 bits per heavy atom. The fraction of sp³-hybridized carbons (Fsp3) is 0.0833. The molecule has 0 aliphatic carbocycles. The molecule has 3 N–H and O–H groups in total. The van der Waals surface area contributed by atoms with E-state index >= 15 is 0 Å². The summed E-state index contributed by atoms with van der Waals surface area (Å²) in [5, 5.41) is 3.09. The third-order valence-electron chi connectivity index (χ3n) is 2.09. The molecule has 1 aliphatic heterocycles. The van der Waals surface area contributed by atoms with E-state index in [-0.39, 0.29) is 0 Å². The molecule has 76 valence electrons. The van der Waals surface area contributed by atoms with Crippen LogP contribution in [0.25, 0.3) is 0 Å². The molecule has 0 unspecified atom stereocenters. The van der Waals surface area contributed by atoms with Crippen molar-refractivity contribution in [2.24, 2.45) is 5.73 Å². The summed E-state index contributed by atoms with van der Waals surface area (Å²) >= 11 is 0. The van der Waals surface area contributed by atoms with Gasteiger partial charge >= 0.3 is 0 Å². The van der Waals surface area contributed by atoms with Gasteiger partial charge in [0.25, 0.3) is 0 Å². The van der Waals surface area contributed by atoms with Crippen molar-refractivity contribution in [3.8, 4) is 0 Å². The molecule has 0 spiro atoms. The third kappa shape index (κ3) is 2.79. The van der Waals surface area contributed by atoms with Crippen LogP contribution in [-0.4, -0.2) is 4.98 Å². The van der Waals surface area contributed by atoms with Crippen molar-refractivity contribution in [2.45, 2.75) is 6.54 Å². The molecule has 0 saturated carbocycles. The maximum absolute atomic E-state index is 5.31. The van der Waals surface area contributed by atoms with Crippen molar-refractivity contribution in [3.63, 3.8) is 0 Å².